The molecule has 1 heterocycles. The van der Waals surface area contributed by atoms with Crippen LogP contribution in [0.4, 0.5) is 0 Å². The minimum atomic E-state index is 0.412. The van der Waals surface area contributed by atoms with Crippen LogP contribution < -0.4 is 5.32 Å². The number of aryl methyl sites for hydroxylation is 1. The molecule has 0 amide bonds. The highest BCUT2D eigenvalue weighted by Gasteiger charge is 2.00. The third-order valence-electron chi connectivity index (χ3n) is 1.96. The van der Waals surface area contributed by atoms with E-state index in [1.54, 1.807) is 7.11 Å². The molecule has 5 nitrogen and oxygen atoms in total. The van der Waals surface area contributed by atoms with Gasteiger partial charge in [0.1, 0.15) is 12.2 Å². The van der Waals surface area contributed by atoms with E-state index in [1.807, 2.05) is 0 Å². The van der Waals surface area contributed by atoms with Crippen molar-refractivity contribution in [1.82, 2.24) is 20.5 Å². The summed E-state index contributed by atoms with van der Waals surface area (Å²) in [6, 6.07) is 0.412. The molecule has 80 valence electrons. The highest BCUT2D eigenvalue weighted by atomic mass is 16.5. The maximum absolute atomic E-state index is 5.02. The Morgan fingerprint density at radius 1 is 1.64 bits per heavy atom. The lowest BCUT2D eigenvalue weighted by Gasteiger charge is -2.11. The van der Waals surface area contributed by atoms with Crippen LogP contribution in [0.15, 0.2) is 6.33 Å². The minimum Gasteiger partial charge on any atom is -0.383 e. The van der Waals surface area contributed by atoms with Crippen LogP contribution in [0.1, 0.15) is 19.2 Å². The topological polar surface area (TPSA) is 62.8 Å². The van der Waals surface area contributed by atoms with Crippen molar-refractivity contribution in [2.45, 2.75) is 25.8 Å². The van der Waals surface area contributed by atoms with Crippen molar-refractivity contribution in [2.24, 2.45) is 0 Å². The molecule has 0 spiro atoms. The maximum atomic E-state index is 5.02. The van der Waals surface area contributed by atoms with Crippen LogP contribution >= 0.6 is 0 Å². The summed E-state index contributed by atoms with van der Waals surface area (Å²) in [6.45, 7) is 3.84. The predicted octanol–water partition coefficient (Wildman–Crippen LogP) is 0.362. The van der Waals surface area contributed by atoms with E-state index in [1.165, 1.54) is 6.33 Å². The molecular weight excluding hydrogens is 180 g/mol. The number of nitrogens with zero attached hydrogens (tertiary/aromatic N) is 2. The van der Waals surface area contributed by atoms with E-state index < -0.39 is 0 Å². The number of H-pyrrole nitrogens is 1. The van der Waals surface area contributed by atoms with Crippen LogP contribution in [0, 0.1) is 0 Å². The second-order valence-electron chi connectivity index (χ2n) is 3.35. The van der Waals surface area contributed by atoms with E-state index in [4.69, 9.17) is 4.74 Å². The lowest BCUT2D eigenvalue weighted by Crippen LogP contribution is -2.31. The van der Waals surface area contributed by atoms with Gasteiger partial charge >= 0.3 is 0 Å². The van der Waals surface area contributed by atoms with E-state index in [-0.39, 0.29) is 0 Å². The fourth-order valence-electron chi connectivity index (χ4n) is 1.26. The first-order valence-corrected chi connectivity index (χ1v) is 4.89. The Bertz CT molecular complexity index is 225. The van der Waals surface area contributed by atoms with Crippen molar-refractivity contribution in [3.63, 3.8) is 0 Å². The Kier molecular flexibility index (Phi) is 5.17. The van der Waals surface area contributed by atoms with E-state index >= 15 is 0 Å². The highest BCUT2D eigenvalue weighted by Crippen LogP contribution is 1.92. The van der Waals surface area contributed by atoms with Crippen molar-refractivity contribution in [2.75, 3.05) is 20.3 Å². The summed E-state index contributed by atoms with van der Waals surface area (Å²) < 4.78 is 5.02. The largest absolute Gasteiger partial charge is 0.383 e. The van der Waals surface area contributed by atoms with E-state index in [2.05, 4.69) is 27.4 Å². The van der Waals surface area contributed by atoms with Crippen LogP contribution in [0.3, 0.4) is 0 Å². The first kappa shape index (κ1) is 11.1. The summed E-state index contributed by atoms with van der Waals surface area (Å²) in [5, 5.41) is 9.98. The molecule has 0 aliphatic carbocycles. The number of hydrogen-bond donors (Lipinski definition) is 2. The predicted molar refractivity (Wildman–Crippen MR) is 54.0 cm³/mol. The van der Waals surface area contributed by atoms with Gasteiger partial charge in [-0.25, -0.2) is 4.98 Å². The summed E-state index contributed by atoms with van der Waals surface area (Å²) in [6.07, 6.45) is 3.53. The molecule has 0 fully saturated rings. The number of ether oxygens (including phenoxy) is 1. The fourth-order valence-corrected chi connectivity index (χ4v) is 1.26. The third kappa shape index (κ3) is 4.34. The van der Waals surface area contributed by atoms with Crippen molar-refractivity contribution < 1.29 is 4.74 Å². The van der Waals surface area contributed by atoms with Crippen molar-refractivity contribution in [3.05, 3.63) is 12.2 Å². The number of methoxy groups -OCH3 is 1. The van der Waals surface area contributed by atoms with Gasteiger partial charge in [-0.2, -0.15) is 5.10 Å². The molecule has 1 aromatic heterocycles. The summed E-state index contributed by atoms with van der Waals surface area (Å²) in [7, 11) is 1.71. The number of rotatable bonds is 7. The number of hydrogen-bond acceptors (Lipinski definition) is 4. The Morgan fingerprint density at radius 2 is 2.50 bits per heavy atom. The summed E-state index contributed by atoms with van der Waals surface area (Å²) in [5.74, 6) is 0.950. The van der Waals surface area contributed by atoms with E-state index in [0.717, 1.165) is 31.8 Å². The molecule has 0 aliphatic rings. The molecule has 0 saturated carbocycles. The number of aromatic amines is 1. The summed E-state index contributed by atoms with van der Waals surface area (Å²) in [4.78, 5) is 4.05. The Hall–Kier alpha value is -0.940. The first-order valence-electron chi connectivity index (χ1n) is 4.89. The van der Waals surface area contributed by atoms with Crippen molar-refractivity contribution in [1.29, 1.82) is 0 Å². The first-order chi connectivity index (χ1) is 6.83. The van der Waals surface area contributed by atoms with Gasteiger partial charge in [0.25, 0.3) is 0 Å². The second kappa shape index (κ2) is 6.50. The molecular formula is C9H18N4O. The van der Waals surface area contributed by atoms with E-state index in [9.17, 15) is 0 Å². The monoisotopic (exact) mass is 198 g/mol. The van der Waals surface area contributed by atoms with Crippen LogP contribution in [0.2, 0.25) is 0 Å². The van der Waals surface area contributed by atoms with Gasteiger partial charge < -0.3 is 10.1 Å². The van der Waals surface area contributed by atoms with Gasteiger partial charge in [0, 0.05) is 19.6 Å². The van der Waals surface area contributed by atoms with Crippen LogP contribution in [0.25, 0.3) is 0 Å². The van der Waals surface area contributed by atoms with Gasteiger partial charge in [0.05, 0.1) is 6.61 Å². The minimum absolute atomic E-state index is 0.412. The molecule has 2 N–H and O–H groups in total. The molecule has 0 saturated heterocycles. The fraction of sp³-hybridized carbons (Fsp3) is 0.778. The maximum Gasteiger partial charge on any atom is 0.137 e. The molecule has 0 bridgehead atoms. The molecule has 1 unspecified atom stereocenters. The van der Waals surface area contributed by atoms with Gasteiger partial charge in [-0.3, -0.25) is 5.10 Å². The quantitative estimate of drug-likeness (QED) is 0.621. The standard InChI is InChI=1S/C9H18N4O/c1-8(6-14-2)10-5-3-4-9-11-7-12-13-9/h7-8,10H,3-6H2,1-2H3,(H,11,12,13). The van der Waals surface area contributed by atoms with Crippen LogP contribution in [-0.2, 0) is 11.2 Å². The molecule has 1 aromatic rings. The normalized spacial score (nSPS) is 13.0. The zero-order chi connectivity index (χ0) is 10.2. The van der Waals surface area contributed by atoms with Gasteiger partial charge in [-0.05, 0) is 19.9 Å². The summed E-state index contributed by atoms with van der Waals surface area (Å²) >= 11 is 0. The average molecular weight is 198 g/mol. The van der Waals surface area contributed by atoms with Gasteiger partial charge in [0.2, 0.25) is 0 Å². The molecule has 0 aliphatic heterocycles. The molecule has 0 radical (unpaired) electrons. The number of nitrogens with one attached hydrogen (secondary N) is 2. The van der Waals surface area contributed by atoms with Gasteiger partial charge in [0.15, 0.2) is 0 Å². The molecule has 0 aromatic carbocycles. The smallest absolute Gasteiger partial charge is 0.137 e. The molecule has 14 heavy (non-hydrogen) atoms. The zero-order valence-electron chi connectivity index (χ0n) is 8.79. The summed E-state index contributed by atoms with van der Waals surface area (Å²) in [5.41, 5.74) is 0. The Labute approximate surface area is 84.3 Å². The highest BCUT2D eigenvalue weighted by molar-refractivity contribution is 4.79. The lowest BCUT2D eigenvalue weighted by molar-refractivity contribution is 0.172. The van der Waals surface area contributed by atoms with E-state index in [0.29, 0.717) is 6.04 Å². The van der Waals surface area contributed by atoms with Gasteiger partial charge in [-0.1, -0.05) is 0 Å². The average Bonchev–Trinajstić information content (AvgIpc) is 2.65. The molecule has 1 atom stereocenters. The Morgan fingerprint density at radius 3 is 3.14 bits per heavy atom. The third-order valence-corrected chi connectivity index (χ3v) is 1.96. The molecule has 1 rings (SSSR count). The van der Waals surface area contributed by atoms with Gasteiger partial charge in [-0.15, -0.1) is 0 Å². The second-order valence-corrected chi connectivity index (χ2v) is 3.35. The van der Waals surface area contributed by atoms with Crippen molar-refractivity contribution in [3.8, 4) is 0 Å². The SMILES string of the molecule is COCC(C)NCCCc1ncn[nH]1. The Balaban J connectivity index is 1.99. The molecule has 5 heteroatoms. The van der Waals surface area contributed by atoms with Crippen LogP contribution in [0.5, 0.6) is 0 Å². The van der Waals surface area contributed by atoms with Crippen LogP contribution in [-0.4, -0.2) is 41.5 Å². The van der Waals surface area contributed by atoms with Crippen molar-refractivity contribution >= 4 is 0 Å². The lowest BCUT2D eigenvalue weighted by atomic mass is 10.3. The number of aromatic nitrogens is 3. The zero-order valence-corrected chi connectivity index (χ0v) is 8.79.